The molecule has 0 aromatic heterocycles. The summed E-state index contributed by atoms with van der Waals surface area (Å²) in [7, 11) is 0. The first-order valence-electron chi connectivity index (χ1n) is 6.76. The molecule has 2 atom stereocenters. The number of hydrogen-bond donors (Lipinski definition) is 1. The zero-order valence-electron chi connectivity index (χ0n) is 11.1. The quantitative estimate of drug-likeness (QED) is 0.815. The van der Waals surface area contributed by atoms with Gasteiger partial charge in [-0.25, -0.2) is 0 Å². The van der Waals surface area contributed by atoms with Crippen molar-refractivity contribution in [1.82, 2.24) is 5.32 Å². The molecule has 0 aliphatic heterocycles. The van der Waals surface area contributed by atoms with E-state index < -0.39 is 0 Å². The second-order valence-electron chi connectivity index (χ2n) is 5.23. The Labute approximate surface area is 128 Å². The van der Waals surface area contributed by atoms with Gasteiger partial charge >= 0.3 is 0 Å². The molecule has 1 aliphatic rings. The molecule has 0 heterocycles. The van der Waals surface area contributed by atoms with E-state index in [4.69, 9.17) is 11.6 Å². The van der Waals surface area contributed by atoms with Gasteiger partial charge in [-0.1, -0.05) is 34.8 Å². The third kappa shape index (κ3) is 3.96. The summed E-state index contributed by atoms with van der Waals surface area (Å²) in [4.78, 5) is 12.2. The summed E-state index contributed by atoms with van der Waals surface area (Å²) in [6.07, 6.45) is 4.62. The molecule has 0 bridgehead atoms. The summed E-state index contributed by atoms with van der Waals surface area (Å²) in [5, 5.41) is 3.23. The number of amides is 1. The number of nitrogens with one attached hydrogen (secondary N) is 1. The maximum atomic E-state index is 12.2. The highest BCUT2D eigenvalue weighted by Gasteiger charge is 2.23. The van der Waals surface area contributed by atoms with Crippen molar-refractivity contribution in [3.8, 4) is 0 Å². The molecule has 1 aliphatic carbocycles. The third-order valence-electron chi connectivity index (χ3n) is 3.79. The monoisotopic (exact) mass is 343 g/mol. The highest BCUT2D eigenvalue weighted by atomic mass is 79.9. The molecule has 2 rings (SSSR count). The van der Waals surface area contributed by atoms with Crippen LogP contribution < -0.4 is 5.32 Å². The van der Waals surface area contributed by atoms with Gasteiger partial charge in [0.2, 0.25) is 0 Å². The fourth-order valence-electron chi connectivity index (χ4n) is 2.55. The minimum atomic E-state index is -0.00626. The van der Waals surface area contributed by atoms with E-state index in [9.17, 15) is 4.79 Å². The van der Waals surface area contributed by atoms with Crippen molar-refractivity contribution in [2.24, 2.45) is 5.92 Å². The van der Waals surface area contributed by atoms with E-state index in [0.29, 0.717) is 12.5 Å². The molecule has 1 aromatic carbocycles. The lowest BCUT2D eigenvalue weighted by atomic mass is 9.88. The molecule has 19 heavy (non-hydrogen) atoms. The second-order valence-corrected chi connectivity index (χ2v) is 6.71. The van der Waals surface area contributed by atoms with Gasteiger partial charge in [-0.2, -0.15) is 0 Å². The fourth-order valence-corrected chi connectivity index (χ4v) is 3.28. The Hall–Kier alpha value is -0.540. The molecule has 4 heteroatoms. The molecule has 104 valence electrons. The normalized spacial score (nSPS) is 23.1. The standard InChI is InChI=1S/C15H19BrClNO/c1-10-6-7-12(16)8-13(10)15(19)18-9-11-4-2-3-5-14(11)17/h6-8,11,14H,2-5,9H2,1H3,(H,18,19). The summed E-state index contributed by atoms with van der Waals surface area (Å²) in [6, 6.07) is 5.76. The first-order chi connectivity index (χ1) is 9.08. The maximum absolute atomic E-state index is 12.2. The van der Waals surface area contributed by atoms with Crippen LogP contribution in [0.25, 0.3) is 0 Å². The Bertz CT molecular complexity index is 463. The van der Waals surface area contributed by atoms with E-state index >= 15 is 0 Å². The molecular formula is C15H19BrClNO. The van der Waals surface area contributed by atoms with Crippen molar-refractivity contribution in [2.45, 2.75) is 38.0 Å². The van der Waals surface area contributed by atoms with Crippen molar-refractivity contribution in [1.29, 1.82) is 0 Å². The van der Waals surface area contributed by atoms with Crippen molar-refractivity contribution >= 4 is 33.4 Å². The Kier molecular flexibility index (Phi) is 5.28. The van der Waals surface area contributed by atoms with Crippen LogP contribution in [0.4, 0.5) is 0 Å². The van der Waals surface area contributed by atoms with E-state index in [1.165, 1.54) is 12.8 Å². The Morgan fingerprint density at radius 1 is 1.42 bits per heavy atom. The smallest absolute Gasteiger partial charge is 0.251 e. The summed E-state index contributed by atoms with van der Waals surface area (Å²) in [6.45, 7) is 2.63. The van der Waals surface area contributed by atoms with Crippen LogP contribution in [0.5, 0.6) is 0 Å². The van der Waals surface area contributed by atoms with Crippen LogP contribution in [0.15, 0.2) is 22.7 Å². The van der Waals surface area contributed by atoms with E-state index in [1.807, 2.05) is 25.1 Å². The summed E-state index contributed by atoms with van der Waals surface area (Å²) < 4.78 is 0.927. The molecule has 1 amide bonds. The molecule has 2 unspecified atom stereocenters. The molecular weight excluding hydrogens is 326 g/mol. The van der Waals surface area contributed by atoms with Crippen LogP contribution in [0, 0.1) is 12.8 Å². The summed E-state index contributed by atoms with van der Waals surface area (Å²) in [5.74, 6) is 0.403. The van der Waals surface area contributed by atoms with Gasteiger partial charge in [-0.05, 0) is 43.4 Å². The first kappa shape index (κ1) is 14.9. The molecule has 1 aromatic rings. The van der Waals surface area contributed by atoms with E-state index in [0.717, 1.165) is 28.4 Å². The lowest BCUT2D eigenvalue weighted by Crippen LogP contribution is -2.35. The zero-order valence-corrected chi connectivity index (χ0v) is 13.4. The first-order valence-corrected chi connectivity index (χ1v) is 7.99. The predicted molar refractivity (Wildman–Crippen MR) is 82.8 cm³/mol. The number of aryl methyl sites for hydroxylation is 1. The third-order valence-corrected chi connectivity index (χ3v) is 4.85. The van der Waals surface area contributed by atoms with Crippen molar-refractivity contribution in [2.75, 3.05) is 6.54 Å². The molecule has 0 radical (unpaired) electrons. The fraction of sp³-hybridized carbons (Fsp3) is 0.533. The minimum Gasteiger partial charge on any atom is -0.352 e. The van der Waals surface area contributed by atoms with Crippen molar-refractivity contribution in [3.05, 3.63) is 33.8 Å². The SMILES string of the molecule is Cc1ccc(Br)cc1C(=O)NCC1CCCCC1Cl. The highest BCUT2D eigenvalue weighted by Crippen LogP contribution is 2.28. The number of alkyl halides is 1. The van der Waals surface area contributed by atoms with E-state index in [-0.39, 0.29) is 11.3 Å². The lowest BCUT2D eigenvalue weighted by Gasteiger charge is -2.27. The Morgan fingerprint density at radius 2 is 2.16 bits per heavy atom. The van der Waals surface area contributed by atoms with E-state index in [1.54, 1.807) is 0 Å². The van der Waals surface area contributed by atoms with Gasteiger partial charge in [0.1, 0.15) is 0 Å². The van der Waals surface area contributed by atoms with Gasteiger partial charge in [0, 0.05) is 22.0 Å². The molecule has 1 saturated carbocycles. The molecule has 0 spiro atoms. The van der Waals surface area contributed by atoms with Gasteiger partial charge in [0.05, 0.1) is 0 Å². The molecule has 1 N–H and O–H groups in total. The van der Waals surface area contributed by atoms with Gasteiger partial charge in [-0.3, -0.25) is 4.79 Å². The molecule has 2 nitrogen and oxygen atoms in total. The molecule has 0 saturated heterocycles. The Balaban J connectivity index is 1.95. The minimum absolute atomic E-state index is 0.00626. The number of carbonyl (C=O) groups excluding carboxylic acids is 1. The van der Waals surface area contributed by atoms with Crippen molar-refractivity contribution < 1.29 is 4.79 Å². The van der Waals surface area contributed by atoms with Crippen LogP contribution in [0.1, 0.15) is 41.6 Å². The number of hydrogen-bond acceptors (Lipinski definition) is 1. The van der Waals surface area contributed by atoms with Crippen LogP contribution in [-0.2, 0) is 0 Å². The second kappa shape index (κ2) is 6.76. The van der Waals surface area contributed by atoms with Crippen molar-refractivity contribution in [3.63, 3.8) is 0 Å². The number of halogens is 2. The van der Waals surface area contributed by atoms with Gasteiger partial charge in [0.25, 0.3) is 5.91 Å². The van der Waals surface area contributed by atoms with Crippen LogP contribution in [-0.4, -0.2) is 17.8 Å². The van der Waals surface area contributed by atoms with Gasteiger partial charge in [0.15, 0.2) is 0 Å². The maximum Gasteiger partial charge on any atom is 0.251 e. The van der Waals surface area contributed by atoms with Gasteiger partial charge in [-0.15, -0.1) is 11.6 Å². The largest absolute Gasteiger partial charge is 0.352 e. The number of rotatable bonds is 3. The highest BCUT2D eigenvalue weighted by molar-refractivity contribution is 9.10. The predicted octanol–water partition coefficient (Wildman–Crippen LogP) is 4.28. The summed E-state index contributed by atoms with van der Waals surface area (Å²) in [5.41, 5.74) is 1.73. The number of carbonyl (C=O) groups is 1. The topological polar surface area (TPSA) is 29.1 Å². The Morgan fingerprint density at radius 3 is 2.89 bits per heavy atom. The average molecular weight is 345 g/mol. The summed E-state index contributed by atoms with van der Waals surface area (Å²) >= 11 is 9.71. The molecule has 1 fully saturated rings. The average Bonchev–Trinajstić information content (AvgIpc) is 2.40. The van der Waals surface area contributed by atoms with Gasteiger partial charge < -0.3 is 5.32 Å². The van der Waals surface area contributed by atoms with Crippen LogP contribution in [0.3, 0.4) is 0 Å². The van der Waals surface area contributed by atoms with Crippen LogP contribution >= 0.6 is 27.5 Å². The van der Waals surface area contributed by atoms with E-state index in [2.05, 4.69) is 21.2 Å². The zero-order chi connectivity index (χ0) is 13.8. The number of benzene rings is 1. The lowest BCUT2D eigenvalue weighted by molar-refractivity contribution is 0.0943. The van der Waals surface area contributed by atoms with Crippen LogP contribution in [0.2, 0.25) is 0 Å².